The van der Waals surface area contributed by atoms with E-state index in [-0.39, 0.29) is 35.1 Å². The molecule has 1 unspecified atom stereocenters. The van der Waals surface area contributed by atoms with Gasteiger partial charge >= 0.3 is 0 Å². The number of methoxy groups -OCH3 is 1. The minimum absolute atomic E-state index is 0.0805. The summed E-state index contributed by atoms with van der Waals surface area (Å²) in [6.45, 7) is 1.62. The summed E-state index contributed by atoms with van der Waals surface area (Å²) in [4.78, 5) is 26.4. The van der Waals surface area contributed by atoms with E-state index in [9.17, 15) is 9.59 Å². The lowest BCUT2D eigenvalue weighted by molar-refractivity contribution is -0.119. The number of nitrogens with zero attached hydrogens (tertiary/aromatic N) is 1. The molecule has 6 nitrogen and oxygen atoms in total. The predicted molar refractivity (Wildman–Crippen MR) is 97.5 cm³/mol. The number of nitrogens with two attached hydrogens (primary N) is 1. The van der Waals surface area contributed by atoms with Crippen molar-refractivity contribution in [2.24, 2.45) is 5.73 Å². The Hall–Kier alpha value is -2.25. The Morgan fingerprint density at radius 2 is 2.12 bits per heavy atom. The van der Waals surface area contributed by atoms with Crippen LogP contribution >= 0.6 is 22.9 Å². The molecule has 0 aliphatic rings. The molecule has 0 bridgehead atoms. The normalized spacial score (nSPS) is 11.7. The van der Waals surface area contributed by atoms with Crippen molar-refractivity contribution in [2.45, 2.75) is 13.0 Å². The molecule has 134 valence electrons. The fourth-order valence-electron chi connectivity index (χ4n) is 2.23. The second-order valence-corrected chi connectivity index (χ2v) is 6.74. The maximum atomic E-state index is 12.8. The van der Waals surface area contributed by atoms with Gasteiger partial charge in [-0.25, -0.2) is 0 Å². The molecule has 8 heteroatoms. The number of benzene rings is 1. The van der Waals surface area contributed by atoms with Gasteiger partial charge in [0.25, 0.3) is 11.8 Å². The molecule has 0 saturated heterocycles. The van der Waals surface area contributed by atoms with Crippen LogP contribution in [0.3, 0.4) is 0 Å². The summed E-state index contributed by atoms with van der Waals surface area (Å²) in [5.41, 5.74) is 5.43. The number of amides is 2. The van der Waals surface area contributed by atoms with Crippen LogP contribution in [-0.2, 0) is 4.79 Å². The van der Waals surface area contributed by atoms with Crippen LogP contribution in [0.25, 0.3) is 0 Å². The van der Waals surface area contributed by atoms with E-state index in [1.54, 1.807) is 23.3 Å². The summed E-state index contributed by atoms with van der Waals surface area (Å²) >= 11 is 7.78. The number of rotatable bonds is 7. The van der Waals surface area contributed by atoms with Gasteiger partial charge < -0.3 is 20.1 Å². The molecule has 1 aromatic carbocycles. The molecule has 2 amide bonds. The largest absolute Gasteiger partial charge is 0.493 e. The van der Waals surface area contributed by atoms with Gasteiger partial charge in [-0.05, 0) is 30.5 Å². The van der Waals surface area contributed by atoms with E-state index in [1.165, 1.54) is 19.2 Å². The van der Waals surface area contributed by atoms with Crippen molar-refractivity contribution in [1.82, 2.24) is 4.90 Å². The lowest BCUT2D eigenvalue weighted by Gasteiger charge is -2.24. The molecule has 25 heavy (non-hydrogen) atoms. The second-order valence-electron chi connectivity index (χ2n) is 5.35. The number of halogens is 1. The van der Waals surface area contributed by atoms with Crippen molar-refractivity contribution in [3.05, 3.63) is 45.1 Å². The number of carbonyl (C=O) groups is 2. The minimum Gasteiger partial charge on any atom is -0.493 e. The molecular formula is C17H19ClN2O4S. The first-order chi connectivity index (χ1) is 11.8. The van der Waals surface area contributed by atoms with Gasteiger partial charge in [0.1, 0.15) is 0 Å². The molecule has 2 rings (SSSR count). The van der Waals surface area contributed by atoms with Crippen LogP contribution in [0, 0.1) is 0 Å². The van der Waals surface area contributed by atoms with Gasteiger partial charge in [0, 0.05) is 17.5 Å². The highest BCUT2D eigenvalue weighted by atomic mass is 35.5. The molecule has 0 saturated carbocycles. The molecule has 0 radical (unpaired) electrons. The summed E-state index contributed by atoms with van der Waals surface area (Å²) in [6, 6.07) is 6.86. The zero-order chi connectivity index (χ0) is 18.6. The Morgan fingerprint density at radius 1 is 1.40 bits per heavy atom. The zero-order valence-corrected chi connectivity index (χ0v) is 15.7. The SMILES string of the molecule is COc1cc(C(=O)N(C)C(C)c2cccs2)cc(Cl)c1OCC(N)=O. The fraction of sp³-hybridized carbons (Fsp3) is 0.294. The maximum absolute atomic E-state index is 12.8. The van der Waals surface area contributed by atoms with Crippen molar-refractivity contribution in [3.8, 4) is 11.5 Å². The molecule has 2 N–H and O–H groups in total. The Labute approximate surface area is 155 Å². The van der Waals surface area contributed by atoms with E-state index < -0.39 is 5.91 Å². The molecule has 0 spiro atoms. The van der Waals surface area contributed by atoms with Crippen molar-refractivity contribution >= 4 is 34.8 Å². The topological polar surface area (TPSA) is 81.9 Å². The lowest BCUT2D eigenvalue weighted by atomic mass is 10.1. The highest BCUT2D eigenvalue weighted by Gasteiger charge is 2.22. The third-order valence-corrected chi connectivity index (χ3v) is 5.01. The fourth-order valence-corrected chi connectivity index (χ4v) is 3.32. The smallest absolute Gasteiger partial charge is 0.255 e. The van der Waals surface area contributed by atoms with E-state index in [0.29, 0.717) is 5.56 Å². The van der Waals surface area contributed by atoms with Crippen LogP contribution < -0.4 is 15.2 Å². The quantitative estimate of drug-likeness (QED) is 0.797. The van der Waals surface area contributed by atoms with Crippen LogP contribution in [-0.4, -0.2) is 37.5 Å². The van der Waals surface area contributed by atoms with E-state index in [4.69, 9.17) is 26.8 Å². The highest BCUT2D eigenvalue weighted by Crippen LogP contribution is 2.37. The van der Waals surface area contributed by atoms with Crippen LogP contribution in [0.1, 0.15) is 28.2 Å². The molecule has 1 aromatic heterocycles. The monoisotopic (exact) mass is 382 g/mol. The number of hydrogen-bond donors (Lipinski definition) is 1. The zero-order valence-electron chi connectivity index (χ0n) is 14.1. The Balaban J connectivity index is 2.27. The number of ether oxygens (including phenoxy) is 2. The predicted octanol–water partition coefficient (Wildman–Crippen LogP) is 3.11. The average molecular weight is 383 g/mol. The van der Waals surface area contributed by atoms with Gasteiger partial charge in [0.2, 0.25) is 0 Å². The van der Waals surface area contributed by atoms with Crippen molar-refractivity contribution < 1.29 is 19.1 Å². The number of carbonyl (C=O) groups excluding carboxylic acids is 2. The molecule has 0 aliphatic carbocycles. The summed E-state index contributed by atoms with van der Waals surface area (Å²) in [7, 11) is 3.15. The maximum Gasteiger partial charge on any atom is 0.255 e. The molecule has 2 aromatic rings. The lowest BCUT2D eigenvalue weighted by Crippen LogP contribution is -2.29. The van der Waals surface area contributed by atoms with Gasteiger partial charge in [-0.15, -0.1) is 11.3 Å². The van der Waals surface area contributed by atoms with E-state index in [1.807, 2.05) is 24.4 Å². The number of primary amides is 1. The van der Waals surface area contributed by atoms with Gasteiger partial charge in [0.05, 0.1) is 18.2 Å². The van der Waals surface area contributed by atoms with Gasteiger partial charge in [-0.3, -0.25) is 9.59 Å². The van der Waals surface area contributed by atoms with E-state index in [0.717, 1.165) is 4.88 Å². The summed E-state index contributed by atoms with van der Waals surface area (Å²) < 4.78 is 10.5. The molecule has 0 fully saturated rings. The first-order valence-electron chi connectivity index (χ1n) is 7.44. The Kier molecular flexibility index (Phi) is 6.27. The third kappa shape index (κ3) is 4.43. The molecule has 1 heterocycles. The van der Waals surface area contributed by atoms with Crippen molar-refractivity contribution in [1.29, 1.82) is 0 Å². The first kappa shape index (κ1) is 19.1. The van der Waals surface area contributed by atoms with Gasteiger partial charge in [0.15, 0.2) is 18.1 Å². The average Bonchev–Trinajstić information content (AvgIpc) is 3.12. The van der Waals surface area contributed by atoms with Crippen LogP contribution in [0.2, 0.25) is 5.02 Å². The summed E-state index contributed by atoms with van der Waals surface area (Å²) in [5.74, 6) is -0.409. The van der Waals surface area contributed by atoms with Crippen LogP contribution in [0.5, 0.6) is 11.5 Å². The number of hydrogen-bond acceptors (Lipinski definition) is 5. The van der Waals surface area contributed by atoms with E-state index in [2.05, 4.69) is 0 Å². The summed E-state index contributed by atoms with van der Waals surface area (Å²) in [6.07, 6.45) is 0. The summed E-state index contributed by atoms with van der Waals surface area (Å²) in [5, 5.41) is 2.13. The standard InChI is InChI=1S/C17H19ClN2O4S/c1-10(14-5-4-6-25-14)20(2)17(22)11-7-12(18)16(13(8-11)23-3)24-9-15(19)21/h4-8,10H,9H2,1-3H3,(H2,19,21). The Morgan fingerprint density at radius 3 is 2.68 bits per heavy atom. The third-order valence-electron chi connectivity index (χ3n) is 3.69. The molecule has 1 atom stereocenters. The van der Waals surface area contributed by atoms with Crippen molar-refractivity contribution in [3.63, 3.8) is 0 Å². The Bertz CT molecular complexity index is 764. The van der Waals surface area contributed by atoms with Gasteiger partial charge in [-0.2, -0.15) is 0 Å². The second kappa shape index (κ2) is 8.22. The van der Waals surface area contributed by atoms with Gasteiger partial charge in [-0.1, -0.05) is 17.7 Å². The van der Waals surface area contributed by atoms with E-state index >= 15 is 0 Å². The minimum atomic E-state index is -0.636. The van der Waals surface area contributed by atoms with Crippen LogP contribution in [0.15, 0.2) is 29.6 Å². The first-order valence-corrected chi connectivity index (χ1v) is 8.70. The molecular weight excluding hydrogens is 364 g/mol. The highest BCUT2D eigenvalue weighted by molar-refractivity contribution is 7.10. The van der Waals surface area contributed by atoms with Crippen LogP contribution in [0.4, 0.5) is 0 Å². The number of thiophene rings is 1. The molecule has 0 aliphatic heterocycles. The van der Waals surface area contributed by atoms with Crippen molar-refractivity contribution in [2.75, 3.05) is 20.8 Å².